The number of benzene rings is 1. The second-order valence-corrected chi connectivity index (χ2v) is 4.29. The number of nitrogens with zero attached hydrogens (tertiary/aromatic N) is 4. The van der Waals surface area contributed by atoms with Gasteiger partial charge in [-0.3, -0.25) is 4.98 Å². The Labute approximate surface area is 110 Å². The lowest BCUT2D eigenvalue weighted by atomic mass is 10.2. The van der Waals surface area contributed by atoms with E-state index in [1.165, 1.54) is 0 Å². The van der Waals surface area contributed by atoms with Gasteiger partial charge < -0.3 is 5.32 Å². The molecule has 0 fully saturated rings. The summed E-state index contributed by atoms with van der Waals surface area (Å²) in [7, 11) is 0. The molecule has 0 aliphatic rings. The minimum absolute atomic E-state index is 0.527. The van der Waals surface area contributed by atoms with Gasteiger partial charge in [0.15, 0.2) is 0 Å². The van der Waals surface area contributed by atoms with Crippen LogP contribution >= 0.6 is 0 Å². The van der Waals surface area contributed by atoms with Crippen molar-refractivity contribution in [2.75, 3.05) is 5.32 Å². The van der Waals surface area contributed by atoms with Crippen LogP contribution < -0.4 is 5.32 Å². The van der Waals surface area contributed by atoms with E-state index in [1.807, 2.05) is 49.5 Å². The van der Waals surface area contributed by atoms with Gasteiger partial charge in [0, 0.05) is 18.4 Å². The van der Waals surface area contributed by atoms with Crippen LogP contribution in [0.3, 0.4) is 0 Å². The molecule has 0 atom stereocenters. The lowest BCUT2D eigenvalue weighted by Gasteiger charge is -2.04. The maximum atomic E-state index is 4.40. The summed E-state index contributed by atoms with van der Waals surface area (Å²) in [5, 5.41) is 11.3. The van der Waals surface area contributed by atoms with E-state index in [2.05, 4.69) is 25.5 Å². The average molecular weight is 251 g/mol. The van der Waals surface area contributed by atoms with Crippen LogP contribution in [0.4, 0.5) is 5.95 Å². The molecule has 0 saturated carbocycles. The minimum Gasteiger partial charge on any atom is -0.349 e. The van der Waals surface area contributed by atoms with Crippen LogP contribution in [0, 0.1) is 6.92 Å². The van der Waals surface area contributed by atoms with E-state index in [0.29, 0.717) is 12.5 Å². The van der Waals surface area contributed by atoms with Gasteiger partial charge in [0.25, 0.3) is 0 Å². The third-order valence-electron chi connectivity index (χ3n) is 2.78. The van der Waals surface area contributed by atoms with Gasteiger partial charge in [0.2, 0.25) is 5.95 Å². The topological polar surface area (TPSA) is 63.6 Å². The lowest BCUT2D eigenvalue weighted by molar-refractivity contribution is 0.977. The molecule has 0 aliphatic heterocycles. The number of fused-ring (bicyclic) bond motifs is 1. The second-order valence-electron chi connectivity index (χ2n) is 4.29. The number of hydrogen-bond donors (Lipinski definition) is 1. The van der Waals surface area contributed by atoms with Crippen molar-refractivity contribution < 1.29 is 0 Å². The number of nitrogens with one attached hydrogen (secondary N) is 1. The third kappa shape index (κ3) is 2.65. The summed E-state index contributed by atoms with van der Waals surface area (Å²) in [5.74, 6) is 0.527. The Hall–Kier alpha value is -2.56. The molecule has 1 aromatic carbocycles. The highest BCUT2D eigenvalue weighted by Gasteiger charge is 2.00. The molecule has 1 N–H and O–H groups in total. The zero-order valence-corrected chi connectivity index (χ0v) is 10.5. The SMILES string of the molecule is Cc1ccc(CNc2nnc3ccccc3n2)cn1. The fraction of sp³-hybridized carbons (Fsp3) is 0.143. The maximum absolute atomic E-state index is 4.40. The summed E-state index contributed by atoms with van der Waals surface area (Å²) in [5.41, 5.74) is 3.72. The van der Waals surface area contributed by atoms with E-state index in [0.717, 1.165) is 22.3 Å². The van der Waals surface area contributed by atoms with Crippen LogP contribution in [0.1, 0.15) is 11.3 Å². The zero-order chi connectivity index (χ0) is 13.1. The summed E-state index contributed by atoms with van der Waals surface area (Å²) in [6.45, 7) is 2.60. The van der Waals surface area contributed by atoms with Crippen LogP contribution in [-0.4, -0.2) is 20.2 Å². The number of aromatic nitrogens is 4. The third-order valence-corrected chi connectivity index (χ3v) is 2.78. The molecule has 0 amide bonds. The Balaban J connectivity index is 1.76. The standard InChI is InChI=1S/C14H13N5/c1-10-6-7-11(8-15-10)9-16-14-17-12-4-2-3-5-13(12)18-19-14/h2-8H,9H2,1H3,(H,16,17,19). The van der Waals surface area contributed by atoms with Crippen LogP contribution in [0.5, 0.6) is 0 Å². The molecule has 94 valence electrons. The number of pyridine rings is 1. The summed E-state index contributed by atoms with van der Waals surface area (Å²) in [6.07, 6.45) is 1.84. The summed E-state index contributed by atoms with van der Waals surface area (Å²) < 4.78 is 0. The van der Waals surface area contributed by atoms with E-state index in [9.17, 15) is 0 Å². The minimum atomic E-state index is 0.527. The summed E-state index contributed by atoms with van der Waals surface area (Å²) in [6, 6.07) is 11.7. The van der Waals surface area contributed by atoms with E-state index in [4.69, 9.17) is 0 Å². The zero-order valence-electron chi connectivity index (χ0n) is 10.5. The van der Waals surface area contributed by atoms with Crippen molar-refractivity contribution in [3.8, 4) is 0 Å². The molecular weight excluding hydrogens is 238 g/mol. The predicted octanol–water partition coefficient (Wildman–Crippen LogP) is 2.34. The molecule has 0 radical (unpaired) electrons. The molecule has 5 nitrogen and oxygen atoms in total. The fourth-order valence-electron chi connectivity index (χ4n) is 1.74. The number of anilines is 1. The first kappa shape index (κ1) is 11.5. The van der Waals surface area contributed by atoms with Crippen molar-refractivity contribution in [1.82, 2.24) is 20.2 Å². The Kier molecular flexibility index (Phi) is 3.02. The smallest absolute Gasteiger partial charge is 0.243 e. The lowest BCUT2D eigenvalue weighted by Crippen LogP contribution is -2.05. The number of para-hydroxylation sites is 1. The number of aryl methyl sites for hydroxylation is 1. The molecule has 0 saturated heterocycles. The van der Waals surface area contributed by atoms with Gasteiger partial charge in [-0.1, -0.05) is 18.2 Å². The predicted molar refractivity (Wildman–Crippen MR) is 73.6 cm³/mol. The molecule has 5 heteroatoms. The van der Waals surface area contributed by atoms with E-state index >= 15 is 0 Å². The van der Waals surface area contributed by atoms with Gasteiger partial charge in [-0.25, -0.2) is 4.98 Å². The molecule has 3 aromatic rings. The van der Waals surface area contributed by atoms with Crippen LogP contribution in [0.25, 0.3) is 11.0 Å². The van der Waals surface area contributed by atoms with Gasteiger partial charge in [-0.05, 0) is 30.7 Å². The quantitative estimate of drug-likeness (QED) is 0.774. The molecule has 2 heterocycles. The normalized spacial score (nSPS) is 10.6. The monoisotopic (exact) mass is 251 g/mol. The highest BCUT2D eigenvalue weighted by atomic mass is 15.2. The van der Waals surface area contributed by atoms with Crippen molar-refractivity contribution >= 4 is 17.0 Å². The van der Waals surface area contributed by atoms with Crippen molar-refractivity contribution in [3.63, 3.8) is 0 Å². The van der Waals surface area contributed by atoms with E-state index < -0.39 is 0 Å². The molecular formula is C14H13N5. The molecule has 0 spiro atoms. The first-order valence-corrected chi connectivity index (χ1v) is 6.06. The largest absolute Gasteiger partial charge is 0.349 e. The maximum Gasteiger partial charge on any atom is 0.243 e. The average Bonchev–Trinajstić information content (AvgIpc) is 2.46. The molecule has 0 bridgehead atoms. The first-order valence-electron chi connectivity index (χ1n) is 6.06. The van der Waals surface area contributed by atoms with Gasteiger partial charge in [-0.2, -0.15) is 0 Å². The van der Waals surface area contributed by atoms with Crippen LogP contribution in [0.2, 0.25) is 0 Å². The first-order chi connectivity index (χ1) is 9.31. The molecule has 19 heavy (non-hydrogen) atoms. The van der Waals surface area contributed by atoms with Crippen molar-refractivity contribution in [3.05, 3.63) is 53.9 Å². The van der Waals surface area contributed by atoms with E-state index in [-0.39, 0.29) is 0 Å². The Morgan fingerprint density at radius 2 is 1.84 bits per heavy atom. The van der Waals surface area contributed by atoms with Crippen molar-refractivity contribution in [2.24, 2.45) is 0 Å². The fourth-order valence-corrected chi connectivity index (χ4v) is 1.74. The summed E-state index contributed by atoms with van der Waals surface area (Å²) in [4.78, 5) is 8.65. The molecule has 0 unspecified atom stereocenters. The second kappa shape index (κ2) is 4.97. The van der Waals surface area contributed by atoms with Crippen LogP contribution in [0.15, 0.2) is 42.6 Å². The Morgan fingerprint density at radius 3 is 2.63 bits per heavy atom. The van der Waals surface area contributed by atoms with Crippen molar-refractivity contribution in [2.45, 2.75) is 13.5 Å². The Morgan fingerprint density at radius 1 is 1.00 bits per heavy atom. The van der Waals surface area contributed by atoms with E-state index in [1.54, 1.807) is 0 Å². The van der Waals surface area contributed by atoms with Crippen molar-refractivity contribution in [1.29, 1.82) is 0 Å². The molecule has 0 aliphatic carbocycles. The van der Waals surface area contributed by atoms with Crippen LogP contribution in [-0.2, 0) is 6.54 Å². The molecule has 3 rings (SSSR count). The Bertz CT molecular complexity index is 694. The highest BCUT2D eigenvalue weighted by Crippen LogP contribution is 2.09. The summed E-state index contributed by atoms with van der Waals surface area (Å²) >= 11 is 0. The van der Waals surface area contributed by atoms with Gasteiger partial charge >= 0.3 is 0 Å². The highest BCUT2D eigenvalue weighted by molar-refractivity contribution is 5.73. The number of hydrogen-bond acceptors (Lipinski definition) is 5. The van der Waals surface area contributed by atoms with Gasteiger partial charge in [-0.15, -0.1) is 10.2 Å². The van der Waals surface area contributed by atoms with Gasteiger partial charge in [0.05, 0.1) is 5.52 Å². The number of rotatable bonds is 3. The molecule has 2 aromatic heterocycles. The van der Waals surface area contributed by atoms with Gasteiger partial charge in [0.1, 0.15) is 5.52 Å².